The van der Waals surface area contributed by atoms with Crippen molar-refractivity contribution in [2.24, 2.45) is 5.73 Å². The van der Waals surface area contributed by atoms with Gasteiger partial charge in [0.05, 0.1) is 6.61 Å². The monoisotopic (exact) mass is 303 g/mol. The number of benzene rings is 2. The zero-order valence-electron chi connectivity index (χ0n) is 12.6. The molecule has 0 amide bonds. The van der Waals surface area contributed by atoms with Gasteiger partial charge in [0.15, 0.2) is 0 Å². The fourth-order valence-corrected chi connectivity index (χ4v) is 2.76. The highest BCUT2D eigenvalue weighted by atomic mass is 35.5. The van der Waals surface area contributed by atoms with Gasteiger partial charge in [0.2, 0.25) is 0 Å². The standard InChI is InChI=1S/C18H22ClNO/c1-3-21-18-8-7-13(2)9-17(18)15(12-20)10-14-5-4-6-16(19)11-14/h4-9,11,15H,3,10,12,20H2,1-2H3. The molecule has 21 heavy (non-hydrogen) atoms. The van der Waals surface area contributed by atoms with E-state index in [4.69, 9.17) is 22.1 Å². The molecule has 0 aromatic heterocycles. The van der Waals surface area contributed by atoms with Crippen molar-refractivity contribution in [3.63, 3.8) is 0 Å². The molecule has 3 heteroatoms. The van der Waals surface area contributed by atoms with Gasteiger partial charge < -0.3 is 10.5 Å². The van der Waals surface area contributed by atoms with Gasteiger partial charge in [0, 0.05) is 10.9 Å². The molecule has 0 heterocycles. The third-order valence-corrected chi connectivity index (χ3v) is 3.80. The average Bonchev–Trinajstić information content (AvgIpc) is 2.47. The molecule has 0 aliphatic rings. The van der Waals surface area contributed by atoms with Gasteiger partial charge in [-0.15, -0.1) is 0 Å². The predicted molar refractivity (Wildman–Crippen MR) is 89.3 cm³/mol. The Morgan fingerprint density at radius 1 is 1.19 bits per heavy atom. The van der Waals surface area contributed by atoms with Crippen LogP contribution < -0.4 is 10.5 Å². The molecule has 0 fully saturated rings. The first-order valence-corrected chi connectivity index (χ1v) is 7.69. The van der Waals surface area contributed by atoms with Gasteiger partial charge in [-0.25, -0.2) is 0 Å². The number of aryl methyl sites for hydroxylation is 1. The molecule has 2 nitrogen and oxygen atoms in total. The van der Waals surface area contributed by atoms with E-state index >= 15 is 0 Å². The number of rotatable bonds is 6. The minimum absolute atomic E-state index is 0.227. The summed E-state index contributed by atoms with van der Waals surface area (Å²) in [5.74, 6) is 1.16. The van der Waals surface area contributed by atoms with Crippen LogP contribution in [0.25, 0.3) is 0 Å². The lowest BCUT2D eigenvalue weighted by Gasteiger charge is -2.20. The van der Waals surface area contributed by atoms with Crippen molar-refractivity contribution in [1.82, 2.24) is 0 Å². The fraction of sp³-hybridized carbons (Fsp3) is 0.333. The van der Waals surface area contributed by atoms with Crippen molar-refractivity contribution in [3.8, 4) is 5.75 Å². The first kappa shape index (κ1) is 15.9. The highest BCUT2D eigenvalue weighted by Crippen LogP contribution is 2.30. The first-order chi connectivity index (χ1) is 10.1. The van der Waals surface area contributed by atoms with E-state index in [0.29, 0.717) is 13.2 Å². The first-order valence-electron chi connectivity index (χ1n) is 7.32. The van der Waals surface area contributed by atoms with Crippen LogP contribution in [0.5, 0.6) is 5.75 Å². The lowest BCUT2D eigenvalue weighted by Crippen LogP contribution is -2.16. The molecule has 0 spiro atoms. The molecule has 2 rings (SSSR count). The van der Waals surface area contributed by atoms with Crippen LogP contribution >= 0.6 is 11.6 Å². The van der Waals surface area contributed by atoms with Crippen LogP contribution in [0.4, 0.5) is 0 Å². The lowest BCUT2D eigenvalue weighted by atomic mass is 9.90. The topological polar surface area (TPSA) is 35.2 Å². The van der Waals surface area contributed by atoms with Crippen LogP contribution in [0.2, 0.25) is 5.02 Å². The highest BCUT2D eigenvalue weighted by molar-refractivity contribution is 6.30. The van der Waals surface area contributed by atoms with Crippen molar-refractivity contribution in [3.05, 3.63) is 64.2 Å². The molecule has 112 valence electrons. The number of halogens is 1. The maximum atomic E-state index is 6.07. The van der Waals surface area contributed by atoms with E-state index in [-0.39, 0.29) is 5.92 Å². The van der Waals surface area contributed by atoms with E-state index < -0.39 is 0 Å². The summed E-state index contributed by atoms with van der Waals surface area (Å²) < 4.78 is 5.75. The van der Waals surface area contributed by atoms with Gasteiger partial charge in [-0.3, -0.25) is 0 Å². The number of hydrogen-bond acceptors (Lipinski definition) is 2. The van der Waals surface area contributed by atoms with E-state index in [1.54, 1.807) is 0 Å². The summed E-state index contributed by atoms with van der Waals surface area (Å²) >= 11 is 6.07. The molecule has 2 N–H and O–H groups in total. The smallest absolute Gasteiger partial charge is 0.122 e. The summed E-state index contributed by atoms with van der Waals surface area (Å²) in [6, 6.07) is 14.2. The number of ether oxygens (including phenoxy) is 1. The van der Waals surface area contributed by atoms with Crippen LogP contribution in [0.1, 0.15) is 29.5 Å². The van der Waals surface area contributed by atoms with Crippen LogP contribution in [-0.2, 0) is 6.42 Å². The number of hydrogen-bond donors (Lipinski definition) is 1. The summed E-state index contributed by atoms with van der Waals surface area (Å²) in [6.45, 7) is 5.32. The molecule has 2 aromatic carbocycles. The second-order valence-corrected chi connectivity index (χ2v) is 5.68. The van der Waals surface area contributed by atoms with E-state index in [0.717, 1.165) is 17.2 Å². The van der Waals surface area contributed by atoms with E-state index in [2.05, 4.69) is 25.1 Å². The summed E-state index contributed by atoms with van der Waals surface area (Å²) in [6.07, 6.45) is 0.862. The minimum atomic E-state index is 0.227. The Bertz CT molecular complexity index is 598. The normalized spacial score (nSPS) is 12.2. The lowest BCUT2D eigenvalue weighted by molar-refractivity contribution is 0.334. The Hall–Kier alpha value is -1.51. The van der Waals surface area contributed by atoms with Crippen LogP contribution in [0, 0.1) is 6.92 Å². The van der Waals surface area contributed by atoms with Crippen LogP contribution in [0.15, 0.2) is 42.5 Å². The number of nitrogens with two attached hydrogens (primary N) is 1. The molecule has 0 radical (unpaired) electrons. The second-order valence-electron chi connectivity index (χ2n) is 5.24. The van der Waals surface area contributed by atoms with Crippen molar-refractivity contribution >= 4 is 11.6 Å². The fourth-order valence-electron chi connectivity index (χ4n) is 2.54. The Balaban J connectivity index is 2.30. The van der Waals surface area contributed by atoms with Gasteiger partial charge in [0.1, 0.15) is 5.75 Å². The average molecular weight is 304 g/mol. The van der Waals surface area contributed by atoms with Gasteiger partial charge >= 0.3 is 0 Å². The molecule has 1 atom stereocenters. The van der Waals surface area contributed by atoms with E-state index in [1.165, 1.54) is 16.7 Å². The Labute approximate surface area is 131 Å². The third-order valence-electron chi connectivity index (χ3n) is 3.56. The molecule has 2 aromatic rings. The largest absolute Gasteiger partial charge is 0.494 e. The van der Waals surface area contributed by atoms with Crippen molar-refractivity contribution in [2.75, 3.05) is 13.2 Å². The Morgan fingerprint density at radius 3 is 2.67 bits per heavy atom. The van der Waals surface area contributed by atoms with E-state index in [9.17, 15) is 0 Å². The predicted octanol–water partition coefficient (Wildman–Crippen LogP) is 4.33. The van der Waals surface area contributed by atoms with Crippen molar-refractivity contribution < 1.29 is 4.74 Å². The summed E-state index contributed by atoms with van der Waals surface area (Å²) in [5, 5.41) is 0.762. The molecule has 0 saturated carbocycles. The second kappa shape index (κ2) is 7.48. The molecule has 0 saturated heterocycles. The molecule has 0 aliphatic heterocycles. The van der Waals surface area contributed by atoms with Gasteiger partial charge in [-0.1, -0.05) is 41.4 Å². The minimum Gasteiger partial charge on any atom is -0.494 e. The molecule has 0 bridgehead atoms. The summed E-state index contributed by atoms with van der Waals surface area (Å²) in [4.78, 5) is 0. The van der Waals surface area contributed by atoms with E-state index in [1.807, 2.05) is 31.2 Å². The summed E-state index contributed by atoms with van der Waals surface area (Å²) in [5.41, 5.74) is 9.61. The highest BCUT2D eigenvalue weighted by Gasteiger charge is 2.16. The summed E-state index contributed by atoms with van der Waals surface area (Å²) in [7, 11) is 0. The zero-order valence-corrected chi connectivity index (χ0v) is 13.4. The molecular weight excluding hydrogens is 282 g/mol. The molecule has 0 aliphatic carbocycles. The SMILES string of the molecule is CCOc1ccc(C)cc1C(CN)Cc1cccc(Cl)c1. The van der Waals surface area contributed by atoms with Crippen molar-refractivity contribution in [1.29, 1.82) is 0 Å². The van der Waals surface area contributed by atoms with Crippen LogP contribution in [0.3, 0.4) is 0 Å². The Kier molecular flexibility index (Phi) is 5.66. The molecular formula is C18H22ClNO. The maximum absolute atomic E-state index is 6.07. The molecule has 1 unspecified atom stereocenters. The van der Waals surface area contributed by atoms with Gasteiger partial charge in [0.25, 0.3) is 0 Å². The Morgan fingerprint density at radius 2 is 2.00 bits per heavy atom. The quantitative estimate of drug-likeness (QED) is 0.862. The van der Waals surface area contributed by atoms with Crippen molar-refractivity contribution in [2.45, 2.75) is 26.2 Å². The third kappa shape index (κ3) is 4.23. The maximum Gasteiger partial charge on any atom is 0.122 e. The van der Waals surface area contributed by atoms with Gasteiger partial charge in [-0.2, -0.15) is 0 Å². The zero-order chi connectivity index (χ0) is 15.2. The van der Waals surface area contributed by atoms with Crippen LogP contribution in [-0.4, -0.2) is 13.2 Å². The van der Waals surface area contributed by atoms with Gasteiger partial charge in [-0.05, 0) is 56.1 Å².